The first kappa shape index (κ1) is 16.4. The first-order chi connectivity index (χ1) is 9.71. The van der Waals surface area contributed by atoms with E-state index in [9.17, 15) is 8.42 Å². The van der Waals surface area contributed by atoms with Crippen LogP contribution in [0.15, 0.2) is 23.1 Å². The van der Waals surface area contributed by atoms with E-state index in [2.05, 4.69) is 0 Å². The summed E-state index contributed by atoms with van der Waals surface area (Å²) in [5.41, 5.74) is 7.07. The molecule has 0 radical (unpaired) electrons. The van der Waals surface area contributed by atoms with Crippen LogP contribution < -0.4 is 5.73 Å². The second-order valence-electron chi connectivity index (χ2n) is 5.42. The Hall–Kier alpha value is -1.02. The van der Waals surface area contributed by atoms with E-state index in [4.69, 9.17) is 22.7 Å². The molecule has 1 fully saturated rings. The summed E-state index contributed by atoms with van der Waals surface area (Å²) in [6.07, 6.45) is -0.221. The highest BCUT2D eigenvalue weighted by Gasteiger charge is 2.32. The fraction of sp³-hybridized carbons (Fsp3) is 0.500. The molecule has 0 aliphatic carbocycles. The van der Waals surface area contributed by atoms with Crippen LogP contribution in [-0.2, 0) is 14.8 Å². The summed E-state index contributed by atoms with van der Waals surface area (Å²) < 4.78 is 32.5. The van der Waals surface area contributed by atoms with Gasteiger partial charge in [0.15, 0.2) is 0 Å². The number of ether oxygens (including phenoxy) is 1. The SMILES string of the molecule is Cc1cc(S(=O)(=O)N2C[C@@H](C)O[C@@H](C)C2)ccc1C(N)=S. The minimum Gasteiger partial charge on any atom is -0.389 e. The summed E-state index contributed by atoms with van der Waals surface area (Å²) in [7, 11) is -3.52. The summed E-state index contributed by atoms with van der Waals surface area (Å²) in [5, 5.41) is 0. The Balaban J connectivity index is 2.35. The standard InChI is InChI=1S/C14H20N2O3S2/c1-9-6-12(4-5-13(9)14(15)20)21(17,18)16-7-10(2)19-11(3)8-16/h4-6,10-11H,7-8H2,1-3H3,(H2,15,20)/t10-,11+. The zero-order valence-electron chi connectivity index (χ0n) is 12.4. The van der Waals surface area contributed by atoms with Crippen molar-refractivity contribution in [1.29, 1.82) is 0 Å². The molecule has 0 saturated carbocycles. The third-order valence-corrected chi connectivity index (χ3v) is 5.53. The van der Waals surface area contributed by atoms with E-state index in [1.54, 1.807) is 25.1 Å². The normalized spacial score (nSPS) is 24.0. The number of nitrogens with two attached hydrogens (primary N) is 1. The molecule has 0 aromatic heterocycles. The monoisotopic (exact) mass is 328 g/mol. The minimum absolute atomic E-state index is 0.111. The molecule has 1 aromatic rings. The zero-order valence-corrected chi connectivity index (χ0v) is 14.0. The van der Waals surface area contributed by atoms with Crippen molar-refractivity contribution >= 4 is 27.2 Å². The maximum Gasteiger partial charge on any atom is 0.243 e. The number of nitrogens with zero attached hydrogens (tertiary/aromatic N) is 1. The van der Waals surface area contributed by atoms with Crippen LogP contribution in [0, 0.1) is 6.92 Å². The van der Waals surface area contributed by atoms with Gasteiger partial charge in [0.05, 0.1) is 17.1 Å². The fourth-order valence-electron chi connectivity index (χ4n) is 2.55. The molecule has 2 rings (SSSR count). The highest BCUT2D eigenvalue weighted by atomic mass is 32.2. The maximum atomic E-state index is 12.7. The van der Waals surface area contributed by atoms with Gasteiger partial charge in [0.2, 0.25) is 10.0 Å². The smallest absolute Gasteiger partial charge is 0.243 e. The van der Waals surface area contributed by atoms with Crippen molar-refractivity contribution in [3.8, 4) is 0 Å². The van der Waals surface area contributed by atoms with Gasteiger partial charge in [-0.3, -0.25) is 0 Å². The van der Waals surface area contributed by atoms with Gasteiger partial charge in [0, 0.05) is 18.7 Å². The lowest BCUT2D eigenvalue weighted by atomic mass is 10.1. The molecule has 7 heteroatoms. The predicted molar refractivity (Wildman–Crippen MR) is 85.8 cm³/mol. The number of hydrogen-bond donors (Lipinski definition) is 1. The van der Waals surface area contributed by atoms with Crippen LogP contribution in [0.2, 0.25) is 0 Å². The Labute approximate surface area is 131 Å². The van der Waals surface area contributed by atoms with E-state index in [1.807, 2.05) is 13.8 Å². The lowest BCUT2D eigenvalue weighted by Crippen LogP contribution is -2.48. The van der Waals surface area contributed by atoms with E-state index in [1.165, 1.54) is 4.31 Å². The van der Waals surface area contributed by atoms with Crippen molar-refractivity contribution in [3.63, 3.8) is 0 Å². The molecular formula is C14H20N2O3S2. The van der Waals surface area contributed by atoms with Crippen molar-refractivity contribution in [3.05, 3.63) is 29.3 Å². The Kier molecular flexibility index (Phi) is 4.67. The maximum absolute atomic E-state index is 12.7. The lowest BCUT2D eigenvalue weighted by molar-refractivity contribution is -0.0440. The van der Waals surface area contributed by atoms with Crippen molar-refractivity contribution in [1.82, 2.24) is 4.31 Å². The van der Waals surface area contributed by atoms with Crippen molar-refractivity contribution in [2.45, 2.75) is 37.9 Å². The first-order valence-corrected chi connectivity index (χ1v) is 8.62. The molecule has 5 nitrogen and oxygen atoms in total. The number of sulfonamides is 1. The van der Waals surface area contributed by atoms with E-state index in [0.29, 0.717) is 18.7 Å². The van der Waals surface area contributed by atoms with Crippen LogP contribution in [0.3, 0.4) is 0 Å². The van der Waals surface area contributed by atoms with Crippen LogP contribution in [0.4, 0.5) is 0 Å². The fourth-order valence-corrected chi connectivity index (χ4v) is 4.45. The summed E-state index contributed by atoms with van der Waals surface area (Å²) >= 11 is 4.94. The minimum atomic E-state index is -3.52. The topological polar surface area (TPSA) is 72.6 Å². The van der Waals surface area contributed by atoms with Gasteiger partial charge in [0.1, 0.15) is 4.99 Å². The van der Waals surface area contributed by atoms with Gasteiger partial charge in [0.25, 0.3) is 0 Å². The number of aryl methyl sites for hydroxylation is 1. The second kappa shape index (κ2) is 6.00. The number of rotatable bonds is 3. The summed E-state index contributed by atoms with van der Waals surface area (Å²) in [6, 6.07) is 4.84. The molecule has 0 amide bonds. The van der Waals surface area contributed by atoms with Gasteiger partial charge in [-0.05, 0) is 38.5 Å². The van der Waals surface area contributed by atoms with E-state index >= 15 is 0 Å². The first-order valence-electron chi connectivity index (χ1n) is 6.78. The summed E-state index contributed by atoms with van der Waals surface area (Å²) in [6.45, 7) is 6.28. The molecule has 1 heterocycles. The Morgan fingerprint density at radius 1 is 1.33 bits per heavy atom. The molecule has 2 N–H and O–H groups in total. The molecule has 2 atom stereocenters. The summed E-state index contributed by atoms with van der Waals surface area (Å²) in [4.78, 5) is 0.534. The quantitative estimate of drug-likeness (QED) is 0.850. The van der Waals surface area contributed by atoms with Gasteiger partial charge in [-0.15, -0.1) is 0 Å². The molecule has 0 unspecified atom stereocenters. The molecule has 0 spiro atoms. The Morgan fingerprint density at radius 3 is 2.38 bits per heavy atom. The van der Waals surface area contributed by atoms with Crippen molar-refractivity contribution in [2.24, 2.45) is 5.73 Å². The second-order valence-corrected chi connectivity index (χ2v) is 7.80. The van der Waals surface area contributed by atoms with Crippen LogP contribution in [-0.4, -0.2) is 43.0 Å². The molecule has 1 aliphatic rings. The van der Waals surface area contributed by atoms with Gasteiger partial charge in [-0.2, -0.15) is 4.31 Å². The Bertz CT molecular complexity index is 648. The molecule has 0 bridgehead atoms. The molecular weight excluding hydrogens is 308 g/mol. The highest BCUT2D eigenvalue weighted by molar-refractivity contribution is 7.89. The van der Waals surface area contributed by atoms with Crippen molar-refractivity contribution in [2.75, 3.05) is 13.1 Å². The van der Waals surface area contributed by atoms with Crippen LogP contribution in [0.5, 0.6) is 0 Å². The summed E-state index contributed by atoms with van der Waals surface area (Å²) in [5.74, 6) is 0. The van der Waals surface area contributed by atoms with Gasteiger partial charge in [-0.1, -0.05) is 18.3 Å². The number of benzene rings is 1. The number of morpholine rings is 1. The molecule has 1 aromatic carbocycles. The average molecular weight is 328 g/mol. The van der Waals surface area contributed by atoms with Crippen LogP contribution in [0.1, 0.15) is 25.0 Å². The predicted octanol–water partition coefficient (Wildman–Crippen LogP) is 1.43. The number of thiocarbonyl (C=S) groups is 1. The van der Waals surface area contributed by atoms with Gasteiger partial charge < -0.3 is 10.5 Å². The van der Waals surface area contributed by atoms with E-state index in [0.717, 1.165) is 5.56 Å². The third kappa shape index (κ3) is 3.42. The van der Waals surface area contributed by atoms with E-state index in [-0.39, 0.29) is 22.1 Å². The molecule has 116 valence electrons. The van der Waals surface area contributed by atoms with Crippen molar-refractivity contribution < 1.29 is 13.2 Å². The van der Waals surface area contributed by atoms with Gasteiger partial charge in [-0.25, -0.2) is 8.42 Å². The zero-order chi connectivity index (χ0) is 15.8. The highest BCUT2D eigenvalue weighted by Crippen LogP contribution is 2.23. The van der Waals surface area contributed by atoms with E-state index < -0.39 is 10.0 Å². The molecule has 1 aliphatic heterocycles. The molecule has 21 heavy (non-hydrogen) atoms. The number of hydrogen-bond acceptors (Lipinski definition) is 4. The van der Waals surface area contributed by atoms with Crippen LogP contribution >= 0.6 is 12.2 Å². The average Bonchev–Trinajstić information content (AvgIpc) is 2.36. The Morgan fingerprint density at radius 2 is 1.90 bits per heavy atom. The largest absolute Gasteiger partial charge is 0.389 e. The molecule has 1 saturated heterocycles. The lowest BCUT2D eigenvalue weighted by Gasteiger charge is -2.34. The third-order valence-electron chi connectivity index (χ3n) is 3.49. The van der Waals surface area contributed by atoms with Gasteiger partial charge >= 0.3 is 0 Å². The van der Waals surface area contributed by atoms with Crippen LogP contribution in [0.25, 0.3) is 0 Å².